The first-order valence-electron chi connectivity index (χ1n) is 13.5. The van der Waals surface area contributed by atoms with E-state index in [0.717, 1.165) is 16.7 Å². The molecule has 6 nitrogen and oxygen atoms in total. The molecular formula is C34H25ClN2O4. The van der Waals surface area contributed by atoms with E-state index in [1.807, 2.05) is 85.8 Å². The van der Waals surface area contributed by atoms with Gasteiger partial charge in [0.25, 0.3) is 11.8 Å². The Morgan fingerprint density at radius 1 is 0.854 bits per heavy atom. The molecule has 1 aromatic heterocycles. The summed E-state index contributed by atoms with van der Waals surface area (Å²) in [7, 11) is 0. The number of carbonyl (C=O) groups is 2. The summed E-state index contributed by atoms with van der Waals surface area (Å²) in [6, 6.07) is 29.8. The summed E-state index contributed by atoms with van der Waals surface area (Å²) < 4.78 is 6.17. The molecule has 2 aliphatic heterocycles. The van der Waals surface area contributed by atoms with Crippen LogP contribution in [0.5, 0.6) is 0 Å². The number of hydrogen-bond acceptors (Lipinski definition) is 4. The molecule has 0 saturated carbocycles. The van der Waals surface area contributed by atoms with Gasteiger partial charge in [-0.15, -0.1) is 0 Å². The van der Waals surface area contributed by atoms with Crippen molar-refractivity contribution in [3.8, 4) is 0 Å². The minimum absolute atomic E-state index is 0.0766. The second-order valence-corrected chi connectivity index (χ2v) is 10.9. The van der Waals surface area contributed by atoms with E-state index >= 15 is 0 Å². The second-order valence-electron chi connectivity index (χ2n) is 10.5. The first-order chi connectivity index (χ1) is 19.9. The number of hydrogen-bond donors (Lipinski definition) is 0. The van der Waals surface area contributed by atoms with Gasteiger partial charge in [-0.1, -0.05) is 90.0 Å². The number of anilines is 1. The zero-order valence-electron chi connectivity index (χ0n) is 22.3. The van der Waals surface area contributed by atoms with Crippen LogP contribution in [0.1, 0.15) is 38.4 Å². The second kappa shape index (κ2) is 9.46. The molecule has 2 aliphatic rings. The Bertz CT molecular complexity index is 1930. The van der Waals surface area contributed by atoms with Crippen LogP contribution in [0.3, 0.4) is 0 Å². The molecule has 3 heterocycles. The smallest absolute Gasteiger partial charge is 0.291 e. The molecule has 1 atom stereocenters. The summed E-state index contributed by atoms with van der Waals surface area (Å²) in [6.45, 7) is 2.29. The lowest BCUT2D eigenvalue weighted by Crippen LogP contribution is -2.53. The van der Waals surface area contributed by atoms with Gasteiger partial charge in [0.1, 0.15) is 5.58 Å². The Morgan fingerprint density at radius 2 is 1.59 bits per heavy atom. The van der Waals surface area contributed by atoms with E-state index in [-0.39, 0.29) is 35.7 Å². The molecule has 1 spiro atoms. The minimum atomic E-state index is -1.67. The van der Waals surface area contributed by atoms with Crippen LogP contribution in [0, 0.1) is 6.92 Å². The molecule has 202 valence electrons. The van der Waals surface area contributed by atoms with Crippen molar-refractivity contribution in [3.05, 3.63) is 146 Å². The van der Waals surface area contributed by atoms with Gasteiger partial charge < -0.3 is 14.2 Å². The summed E-state index contributed by atoms with van der Waals surface area (Å²) in [4.78, 5) is 46.6. The van der Waals surface area contributed by atoms with Crippen molar-refractivity contribution in [1.29, 1.82) is 0 Å². The summed E-state index contributed by atoms with van der Waals surface area (Å²) in [6.07, 6.45) is 0.495. The van der Waals surface area contributed by atoms with Crippen molar-refractivity contribution in [1.82, 2.24) is 4.90 Å². The summed E-state index contributed by atoms with van der Waals surface area (Å²) >= 11 is 6.52. The molecule has 7 heteroatoms. The quantitative estimate of drug-likeness (QED) is 0.255. The lowest BCUT2D eigenvalue weighted by atomic mass is 9.83. The highest BCUT2D eigenvalue weighted by atomic mass is 35.5. The molecule has 0 fully saturated rings. The molecule has 0 N–H and O–H groups in total. The Morgan fingerprint density at radius 3 is 2.39 bits per heavy atom. The average Bonchev–Trinajstić information content (AvgIpc) is 3.38. The first kappa shape index (κ1) is 25.3. The van der Waals surface area contributed by atoms with Crippen LogP contribution in [0.2, 0.25) is 5.02 Å². The maximum atomic E-state index is 14.9. The molecule has 4 aromatic carbocycles. The molecular weight excluding hydrogens is 536 g/mol. The largest absolute Gasteiger partial charge is 0.450 e. The van der Waals surface area contributed by atoms with Gasteiger partial charge in [-0.25, -0.2) is 0 Å². The zero-order valence-corrected chi connectivity index (χ0v) is 23.0. The third-order valence-electron chi connectivity index (χ3n) is 8.14. The Kier molecular flexibility index (Phi) is 5.84. The van der Waals surface area contributed by atoms with Gasteiger partial charge in [0, 0.05) is 17.1 Å². The number of carbonyl (C=O) groups excluding carboxylic acids is 2. The standard InChI is InChI=1S/C34H25ClN2O4/c1-21-15-16-28-24(19-21)30(38)29-31(41-28)32(39)37(18-17-22-9-3-2-4-10-22)34(29)25-12-6-8-14-27(25)36(33(34)40)20-23-11-5-7-13-26(23)35/h2-16,19H,17-18,20H2,1H3. The van der Waals surface area contributed by atoms with Crippen molar-refractivity contribution in [2.75, 3.05) is 11.4 Å². The molecule has 1 unspecified atom stereocenters. The van der Waals surface area contributed by atoms with Crippen LogP contribution in [0.15, 0.2) is 106 Å². The zero-order chi connectivity index (χ0) is 28.3. The van der Waals surface area contributed by atoms with Crippen LogP contribution in [0.25, 0.3) is 11.0 Å². The fourth-order valence-corrected chi connectivity index (χ4v) is 6.44. The molecule has 7 rings (SSSR count). The van der Waals surface area contributed by atoms with Crippen LogP contribution in [-0.4, -0.2) is 23.3 Å². The van der Waals surface area contributed by atoms with E-state index in [1.165, 1.54) is 4.90 Å². The Balaban J connectivity index is 1.48. The van der Waals surface area contributed by atoms with Gasteiger partial charge >= 0.3 is 0 Å². The van der Waals surface area contributed by atoms with E-state index < -0.39 is 11.4 Å². The van der Waals surface area contributed by atoms with Gasteiger partial charge in [0.2, 0.25) is 5.76 Å². The maximum absolute atomic E-state index is 14.9. The summed E-state index contributed by atoms with van der Waals surface area (Å²) in [5.74, 6) is -0.932. The number of fused-ring (bicyclic) bond motifs is 5. The highest BCUT2D eigenvalue weighted by molar-refractivity contribution is 6.31. The van der Waals surface area contributed by atoms with E-state index in [2.05, 4.69) is 0 Å². The van der Waals surface area contributed by atoms with E-state index in [9.17, 15) is 14.4 Å². The van der Waals surface area contributed by atoms with Gasteiger partial charge in [-0.2, -0.15) is 0 Å². The van der Waals surface area contributed by atoms with Crippen LogP contribution in [0.4, 0.5) is 5.69 Å². The molecule has 5 aromatic rings. The normalized spacial score (nSPS) is 17.5. The van der Waals surface area contributed by atoms with E-state index in [1.54, 1.807) is 23.1 Å². The predicted molar refractivity (Wildman–Crippen MR) is 158 cm³/mol. The van der Waals surface area contributed by atoms with Crippen molar-refractivity contribution in [3.63, 3.8) is 0 Å². The van der Waals surface area contributed by atoms with Crippen molar-refractivity contribution in [2.24, 2.45) is 0 Å². The number of para-hydroxylation sites is 1. The topological polar surface area (TPSA) is 70.8 Å². The summed E-state index contributed by atoms with van der Waals surface area (Å²) in [5.41, 5.74) is 2.22. The number of halogens is 1. The van der Waals surface area contributed by atoms with Crippen LogP contribution >= 0.6 is 11.6 Å². The SMILES string of the molecule is Cc1ccc2oc3c(c(=O)c2c1)C1(C(=O)N(Cc2ccccc2Cl)c2ccccc21)N(CCc1ccccc1)C3=O. The van der Waals surface area contributed by atoms with Gasteiger partial charge in [0.15, 0.2) is 11.0 Å². The van der Waals surface area contributed by atoms with Crippen molar-refractivity contribution < 1.29 is 14.0 Å². The molecule has 41 heavy (non-hydrogen) atoms. The van der Waals surface area contributed by atoms with Gasteiger partial charge in [0.05, 0.1) is 23.2 Å². The lowest BCUT2D eigenvalue weighted by Gasteiger charge is -2.34. The molecule has 2 amide bonds. The fraction of sp³-hybridized carbons (Fsp3) is 0.147. The van der Waals surface area contributed by atoms with E-state index in [4.69, 9.17) is 16.0 Å². The third kappa shape index (κ3) is 3.67. The van der Waals surface area contributed by atoms with E-state index in [0.29, 0.717) is 33.7 Å². The monoisotopic (exact) mass is 560 g/mol. The maximum Gasteiger partial charge on any atom is 0.291 e. The highest BCUT2D eigenvalue weighted by Crippen LogP contribution is 2.53. The third-order valence-corrected chi connectivity index (χ3v) is 8.51. The number of amides is 2. The first-order valence-corrected chi connectivity index (χ1v) is 13.9. The molecule has 0 bridgehead atoms. The van der Waals surface area contributed by atoms with Crippen molar-refractivity contribution in [2.45, 2.75) is 25.4 Å². The summed E-state index contributed by atoms with van der Waals surface area (Å²) in [5, 5.41) is 0.874. The average molecular weight is 561 g/mol. The number of nitrogens with zero attached hydrogens (tertiary/aromatic N) is 2. The number of aryl methyl sites for hydroxylation is 1. The van der Waals surface area contributed by atoms with Crippen molar-refractivity contribution >= 4 is 40.1 Å². The minimum Gasteiger partial charge on any atom is -0.450 e. The van der Waals surface area contributed by atoms with Gasteiger partial charge in [-0.05, 0) is 48.7 Å². The van der Waals surface area contributed by atoms with Crippen LogP contribution < -0.4 is 10.3 Å². The lowest BCUT2D eigenvalue weighted by molar-refractivity contribution is -0.126. The molecule has 0 saturated heterocycles. The van der Waals surface area contributed by atoms with Gasteiger partial charge in [-0.3, -0.25) is 14.4 Å². The molecule has 0 radical (unpaired) electrons. The predicted octanol–water partition coefficient (Wildman–Crippen LogP) is 6.24. The Labute approximate surface area is 241 Å². The number of benzene rings is 4. The molecule has 0 aliphatic carbocycles. The highest BCUT2D eigenvalue weighted by Gasteiger charge is 2.64. The fourth-order valence-electron chi connectivity index (χ4n) is 6.24. The Hall–Kier alpha value is -4.68. The van der Waals surface area contributed by atoms with Crippen LogP contribution in [-0.2, 0) is 23.3 Å². The number of rotatable bonds is 5.